The molecule has 1 aromatic rings. The third kappa shape index (κ3) is 2.45. The van der Waals surface area contributed by atoms with E-state index in [0.717, 1.165) is 18.5 Å². The summed E-state index contributed by atoms with van der Waals surface area (Å²) in [5, 5.41) is 0.585. The van der Waals surface area contributed by atoms with Crippen molar-refractivity contribution in [1.29, 1.82) is 0 Å². The van der Waals surface area contributed by atoms with E-state index in [0.29, 0.717) is 23.8 Å². The molecule has 0 radical (unpaired) electrons. The van der Waals surface area contributed by atoms with Gasteiger partial charge in [0, 0.05) is 22.8 Å². The molecule has 1 aliphatic heterocycles. The molecule has 2 rings (SSSR count). The minimum absolute atomic E-state index is 0.107. The molecular formula is C13H16ClNO2. The Labute approximate surface area is 106 Å². The fraction of sp³-hybridized carbons (Fsp3) is 0.462. The summed E-state index contributed by atoms with van der Waals surface area (Å²) in [6, 6.07) is 5.42. The number of carbonyl (C=O) groups is 1. The molecule has 0 spiro atoms. The fourth-order valence-corrected chi connectivity index (χ4v) is 2.35. The lowest BCUT2D eigenvalue weighted by molar-refractivity contribution is 0.0643. The summed E-state index contributed by atoms with van der Waals surface area (Å²) in [7, 11) is 0. The number of aldehydes is 1. The zero-order valence-corrected chi connectivity index (χ0v) is 10.8. The average Bonchev–Trinajstić information content (AvgIpc) is 2.29. The topological polar surface area (TPSA) is 29.5 Å². The summed E-state index contributed by atoms with van der Waals surface area (Å²) in [5.74, 6) is 0. The molecule has 1 heterocycles. The second kappa shape index (κ2) is 4.67. The Morgan fingerprint density at radius 3 is 2.88 bits per heavy atom. The molecule has 0 saturated carbocycles. The molecule has 4 heteroatoms. The largest absolute Gasteiger partial charge is 0.377 e. The van der Waals surface area contributed by atoms with Crippen LogP contribution >= 0.6 is 11.6 Å². The van der Waals surface area contributed by atoms with Gasteiger partial charge in [-0.3, -0.25) is 4.79 Å². The summed E-state index contributed by atoms with van der Waals surface area (Å²) >= 11 is 5.90. The predicted molar refractivity (Wildman–Crippen MR) is 69.1 cm³/mol. The number of hydrogen-bond donors (Lipinski definition) is 0. The van der Waals surface area contributed by atoms with Gasteiger partial charge in [-0.1, -0.05) is 11.6 Å². The van der Waals surface area contributed by atoms with Gasteiger partial charge >= 0.3 is 0 Å². The van der Waals surface area contributed by atoms with Gasteiger partial charge in [-0.15, -0.1) is 0 Å². The van der Waals surface area contributed by atoms with Gasteiger partial charge in [-0.25, -0.2) is 0 Å². The average molecular weight is 254 g/mol. The molecule has 1 aliphatic rings. The Morgan fingerprint density at radius 1 is 1.47 bits per heavy atom. The van der Waals surface area contributed by atoms with Crippen LogP contribution in [0.5, 0.6) is 0 Å². The molecule has 0 aliphatic carbocycles. The zero-order chi connectivity index (χ0) is 12.5. The van der Waals surface area contributed by atoms with Crippen molar-refractivity contribution in [3.63, 3.8) is 0 Å². The summed E-state index contributed by atoms with van der Waals surface area (Å²) in [6.07, 6.45) is 0.854. The van der Waals surface area contributed by atoms with Crippen LogP contribution < -0.4 is 4.90 Å². The lowest BCUT2D eigenvalue weighted by atomic mass is 10.00. The zero-order valence-electron chi connectivity index (χ0n) is 10.1. The second-order valence-corrected chi connectivity index (χ2v) is 5.27. The summed E-state index contributed by atoms with van der Waals surface area (Å²) in [5.41, 5.74) is 1.45. The van der Waals surface area contributed by atoms with Crippen LogP contribution in [0.1, 0.15) is 24.2 Å². The Hall–Kier alpha value is -1.06. The van der Waals surface area contributed by atoms with E-state index in [9.17, 15) is 4.79 Å². The third-order valence-corrected chi connectivity index (χ3v) is 3.29. The molecule has 1 fully saturated rings. The van der Waals surface area contributed by atoms with Crippen LogP contribution in [0.15, 0.2) is 18.2 Å². The van der Waals surface area contributed by atoms with Gasteiger partial charge in [0.15, 0.2) is 6.29 Å². The molecular weight excluding hydrogens is 238 g/mol. The van der Waals surface area contributed by atoms with E-state index >= 15 is 0 Å². The molecule has 0 bridgehead atoms. The molecule has 17 heavy (non-hydrogen) atoms. The van der Waals surface area contributed by atoms with Crippen molar-refractivity contribution in [2.24, 2.45) is 0 Å². The van der Waals surface area contributed by atoms with Gasteiger partial charge < -0.3 is 9.64 Å². The van der Waals surface area contributed by atoms with Gasteiger partial charge in [-0.2, -0.15) is 0 Å². The number of hydrogen-bond acceptors (Lipinski definition) is 3. The number of morpholine rings is 1. The van der Waals surface area contributed by atoms with Crippen molar-refractivity contribution in [2.75, 3.05) is 24.7 Å². The van der Waals surface area contributed by atoms with E-state index in [2.05, 4.69) is 18.7 Å². The fourth-order valence-electron chi connectivity index (χ4n) is 2.17. The molecule has 92 valence electrons. The molecule has 1 aromatic carbocycles. The minimum Gasteiger partial charge on any atom is -0.377 e. The molecule has 0 atom stereocenters. The Balaban J connectivity index is 2.41. The second-order valence-electron chi connectivity index (χ2n) is 4.84. The van der Waals surface area contributed by atoms with E-state index in [1.165, 1.54) is 0 Å². The van der Waals surface area contributed by atoms with Gasteiger partial charge in [0.1, 0.15) is 0 Å². The maximum atomic E-state index is 11.1. The smallest absolute Gasteiger partial charge is 0.152 e. The van der Waals surface area contributed by atoms with Crippen LogP contribution in [0.4, 0.5) is 5.69 Å². The van der Waals surface area contributed by atoms with Crippen LogP contribution in [0.25, 0.3) is 0 Å². The number of carbonyl (C=O) groups excluding carboxylic acids is 1. The lowest BCUT2D eigenvalue weighted by Crippen LogP contribution is -2.53. The van der Waals surface area contributed by atoms with Crippen molar-refractivity contribution >= 4 is 23.6 Å². The maximum Gasteiger partial charge on any atom is 0.152 e. The van der Waals surface area contributed by atoms with Crippen molar-refractivity contribution in [2.45, 2.75) is 19.4 Å². The first-order valence-electron chi connectivity index (χ1n) is 5.65. The van der Waals surface area contributed by atoms with E-state index < -0.39 is 0 Å². The van der Waals surface area contributed by atoms with Crippen molar-refractivity contribution in [1.82, 2.24) is 0 Å². The molecule has 0 aromatic heterocycles. The van der Waals surface area contributed by atoms with Crippen LogP contribution in [0, 0.1) is 0 Å². The maximum absolute atomic E-state index is 11.1. The number of benzene rings is 1. The van der Waals surface area contributed by atoms with Crippen molar-refractivity contribution in [3.8, 4) is 0 Å². The van der Waals surface area contributed by atoms with E-state index in [4.69, 9.17) is 16.3 Å². The van der Waals surface area contributed by atoms with Gasteiger partial charge in [0.25, 0.3) is 0 Å². The number of rotatable bonds is 2. The highest BCUT2D eigenvalue weighted by molar-refractivity contribution is 6.31. The van der Waals surface area contributed by atoms with E-state index in [1.54, 1.807) is 6.07 Å². The predicted octanol–water partition coefficient (Wildman–Crippen LogP) is 2.77. The first-order chi connectivity index (χ1) is 8.04. The van der Waals surface area contributed by atoms with Crippen LogP contribution in [0.3, 0.4) is 0 Å². The number of anilines is 1. The highest BCUT2D eigenvalue weighted by atomic mass is 35.5. The van der Waals surface area contributed by atoms with Gasteiger partial charge in [0.2, 0.25) is 0 Å². The highest BCUT2D eigenvalue weighted by Gasteiger charge is 2.31. The SMILES string of the molecule is CC1(C)COCCN1c1ccc(Cl)cc1C=O. The molecule has 0 N–H and O–H groups in total. The third-order valence-electron chi connectivity index (χ3n) is 3.05. The van der Waals surface area contributed by atoms with Gasteiger partial charge in [-0.05, 0) is 32.0 Å². The van der Waals surface area contributed by atoms with Crippen molar-refractivity contribution in [3.05, 3.63) is 28.8 Å². The number of ether oxygens (including phenoxy) is 1. The molecule has 1 saturated heterocycles. The van der Waals surface area contributed by atoms with Crippen LogP contribution in [-0.4, -0.2) is 31.6 Å². The van der Waals surface area contributed by atoms with E-state index in [1.807, 2.05) is 12.1 Å². The highest BCUT2D eigenvalue weighted by Crippen LogP contribution is 2.30. The number of nitrogens with zero attached hydrogens (tertiary/aromatic N) is 1. The Morgan fingerprint density at radius 2 is 2.24 bits per heavy atom. The number of halogens is 1. The first kappa shape index (κ1) is 12.4. The van der Waals surface area contributed by atoms with E-state index in [-0.39, 0.29) is 5.54 Å². The van der Waals surface area contributed by atoms with Crippen LogP contribution in [-0.2, 0) is 4.74 Å². The molecule has 0 unspecified atom stereocenters. The van der Waals surface area contributed by atoms with Crippen molar-refractivity contribution < 1.29 is 9.53 Å². The van der Waals surface area contributed by atoms with Crippen LogP contribution in [0.2, 0.25) is 5.02 Å². The molecule has 0 amide bonds. The summed E-state index contributed by atoms with van der Waals surface area (Å²) in [6.45, 7) is 6.35. The standard InChI is InChI=1S/C13H16ClNO2/c1-13(2)9-17-6-5-15(13)12-4-3-11(14)7-10(12)8-16/h3-4,7-8H,5-6,9H2,1-2H3. The summed E-state index contributed by atoms with van der Waals surface area (Å²) < 4.78 is 5.48. The lowest BCUT2D eigenvalue weighted by Gasteiger charge is -2.44. The Bertz CT molecular complexity index is 431. The summed E-state index contributed by atoms with van der Waals surface area (Å²) in [4.78, 5) is 13.3. The molecule has 3 nitrogen and oxygen atoms in total. The quantitative estimate of drug-likeness (QED) is 0.759. The first-order valence-corrected chi connectivity index (χ1v) is 6.02. The normalized spacial score (nSPS) is 19.1. The van der Waals surface area contributed by atoms with Gasteiger partial charge in [0.05, 0.1) is 18.8 Å². The monoisotopic (exact) mass is 253 g/mol. The minimum atomic E-state index is -0.107. The Kier molecular flexibility index (Phi) is 3.40.